The number of aryl methyl sites for hydroxylation is 1. The van der Waals surface area contributed by atoms with Gasteiger partial charge in [0.25, 0.3) is 0 Å². The summed E-state index contributed by atoms with van der Waals surface area (Å²) < 4.78 is 5.42. The van der Waals surface area contributed by atoms with Crippen molar-refractivity contribution in [3.05, 3.63) is 29.0 Å². The first-order valence-corrected chi connectivity index (χ1v) is 8.71. The largest absolute Gasteiger partial charge is 0.495 e. The van der Waals surface area contributed by atoms with Gasteiger partial charge in [-0.1, -0.05) is 0 Å². The van der Waals surface area contributed by atoms with Crippen molar-refractivity contribution in [2.75, 3.05) is 25.5 Å². The number of benzene rings is 1. The molecule has 1 aliphatic carbocycles. The Hall–Kier alpha value is -2.32. The lowest BCUT2D eigenvalue weighted by molar-refractivity contribution is 0.414. The first-order valence-electron chi connectivity index (χ1n) is 8.71. The van der Waals surface area contributed by atoms with Crippen LogP contribution in [0.3, 0.4) is 0 Å². The van der Waals surface area contributed by atoms with Gasteiger partial charge in [0.2, 0.25) is 0 Å². The topological polar surface area (TPSA) is 70.0 Å². The lowest BCUT2D eigenvalue weighted by Gasteiger charge is -2.27. The molecule has 124 valence electrons. The average Bonchev–Trinajstić information content (AvgIpc) is 3.09. The molecule has 2 heterocycles. The molecular formula is C19H22N4O. The summed E-state index contributed by atoms with van der Waals surface area (Å²) in [5.41, 5.74) is 5.19. The molecule has 5 nitrogen and oxygen atoms in total. The summed E-state index contributed by atoms with van der Waals surface area (Å²) in [5, 5.41) is 17.6. The maximum Gasteiger partial charge on any atom is 0.137 e. The standard InChI is InChI=1S/C19H22N4O/c1-24-18-10-15-17(9-12(18)11-20)23-16-4-2-3-14(16)19(15)22-13-5-7-21-8-6-13/h9-10,13,21H,2-8H2,1H3,(H,22,23). The Bertz CT molecular complexity index is 818. The number of fused-ring (bicyclic) bond motifs is 2. The molecule has 1 aliphatic heterocycles. The zero-order chi connectivity index (χ0) is 16.5. The third-order valence-electron chi connectivity index (χ3n) is 5.14. The molecule has 1 fully saturated rings. The maximum atomic E-state index is 9.35. The van der Waals surface area contributed by atoms with E-state index in [4.69, 9.17) is 9.72 Å². The van der Waals surface area contributed by atoms with Crippen molar-refractivity contribution in [1.82, 2.24) is 10.3 Å². The zero-order valence-electron chi connectivity index (χ0n) is 14.0. The smallest absolute Gasteiger partial charge is 0.137 e. The number of rotatable bonds is 3. The zero-order valence-corrected chi connectivity index (χ0v) is 14.0. The van der Waals surface area contributed by atoms with E-state index >= 15 is 0 Å². The number of methoxy groups -OCH3 is 1. The molecule has 0 bridgehead atoms. The van der Waals surface area contributed by atoms with Crippen LogP contribution in [0.1, 0.15) is 36.1 Å². The Morgan fingerprint density at radius 2 is 2.12 bits per heavy atom. The number of nitrogens with zero attached hydrogens (tertiary/aromatic N) is 2. The van der Waals surface area contributed by atoms with Crippen molar-refractivity contribution >= 4 is 16.6 Å². The number of nitrogens with one attached hydrogen (secondary N) is 2. The second kappa shape index (κ2) is 6.29. The number of hydrogen-bond acceptors (Lipinski definition) is 5. The van der Waals surface area contributed by atoms with Crippen LogP contribution in [0.5, 0.6) is 5.75 Å². The number of ether oxygens (including phenoxy) is 1. The van der Waals surface area contributed by atoms with Gasteiger partial charge in [-0.05, 0) is 62.9 Å². The van der Waals surface area contributed by atoms with Crippen LogP contribution in [0.15, 0.2) is 12.1 Å². The second-order valence-corrected chi connectivity index (χ2v) is 6.62. The fourth-order valence-corrected chi connectivity index (χ4v) is 3.88. The van der Waals surface area contributed by atoms with Gasteiger partial charge in [0, 0.05) is 22.8 Å². The van der Waals surface area contributed by atoms with Crippen LogP contribution >= 0.6 is 0 Å². The van der Waals surface area contributed by atoms with Gasteiger partial charge in [-0.25, -0.2) is 0 Å². The number of piperidine rings is 1. The van der Waals surface area contributed by atoms with Gasteiger partial charge in [0.05, 0.1) is 18.2 Å². The number of anilines is 1. The summed E-state index contributed by atoms with van der Waals surface area (Å²) in [7, 11) is 1.61. The van der Waals surface area contributed by atoms with Crippen molar-refractivity contribution in [3.8, 4) is 11.8 Å². The third kappa shape index (κ3) is 2.57. The predicted molar refractivity (Wildman–Crippen MR) is 94.5 cm³/mol. The van der Waals surface area contributed by atoms with Crippen LogP contribution in [0, 0.1) is 11.3 Å². The highest BCUT2D eigenvalue weighted by Gasteiger charge is 2.23. The minimum absolute atomic E-state index is 0.489. The molecular weight excluding hydrogens is 300 g/mol. The summed E-state index contributed by atoms with van der Waals surface area (Å²) in [6.45, 7) is 2.12. The van der Waals surface area contributed by atoms with Gasteiger partial charge in [-0.15, -0.1) is 0 Å². The molecule has 1 saturated heterocycles. The highest BCUT2D eigenvalue weighted by molar-refractivity contribution is 5.96. The fraction of sp³-hybridized carbons (Fsp3) is 0.474. The monoisotopic (exact) mass is 322 g/mol. The van der Waals surface area contributed by atoms with E-state index in [1.54, 1.807) is 7.11 Å². The van der Waals surface area contributed by atoms with Crippen LogP contribution in [-0.4, -0.2) is 31.2 Å². The lowest BCUT2D eigenvalue weighted by Crippen LogP contribution is -2.35. The molecule has 1 aromatic carbocycles. The number of pyridine rings is 1. The Morgan fingerprint density at radius 1 is 1.29 bits per heavy atom. The van der Waals surface area contributed by atoms with Crippen LogP contribution in [0.25, 0.3) is 10.9 Å². The van der Waals surface area contributed by atoms with E-state index in [1.807, 2.05) is 12.1 Å². The highest BCUT2D eigenvalue weighted by atomic mass is 16.5. The van der Waals surface area contributed by atoms with Crippen molar-refractivity contribution < 1.29 is 4.74 Å². The molecule has 0 saturated carbocycles. The normalized spacial score (nSPS) is 17.5. The Morgan fingerprint density at radius 3 is 2.88 bits per heavy atom. The molecule has 2 aliphatic rings. The number of nitriles is 1. The van der Waals surface area contributed by atoms with Crippen LogP contribution < -0.4 is 15.4 Å². The maximum absolute atomic E-state index is 9.35. The fourth-order valence-electron chi connectivity index (χ4n) is 3.88. The molecule has 0 atom stereocenters. The van der Waals surface area contributed by atoms with E-state index in [1.165, 1.54) is 16.9 Å². The van der Waals surface area contributed by atoms with Crippen LogP contribution in [-0.2, 0) is 12.8 Å². The Balaban J connectivity index is 1.87. The van der Waals surface area contributed by atoms with Gasteiger partial charge in [0.15, 0.2) is 0 Å². The first kappa shape index (κ1) is 15.2. The average molecular weight is 322 g/mol. The van der Waals surface area contributed by atoms with Gasteiger partial charge < -0.3 is 15.4 Å². The summed E-state index contributed by atoms with van der Waals surface area (Å²) in [6, 6.07) is 6.54. The quantitative estimate of drug-likeness (QED) is 0.909. The highest BCUT2D eigenvalue weighted by Crippen LogP contribution is 2.37. The Labute approximate surface area is 142 Å². The van der Waals surface area contributed by atoms with E-state index in [0.29, 0.717) is 17.4 Å². The van der Waals surface area contributed by atoms with E-state index in [-0.39, 0.29) is 0 Å². The molecule has 5 heteroatoms. The molecule has 2 aromatic rings. The molecule has 0 unspecified atom stereocenters. The second-order valence-electron chi connectivity index (χ2n) is 6.62. The van der Waals surface area contributed by atoms with E-state index in [0.717, 1.165) is 56.1 Å². The van der Waals surface area contributed by atoms with Crippen molar-refractivity contribution in [2.24, 2.45) is 0 Å². The molecule has 24 heavy (non-hydrogen) atoms. The lowest BCUT2D eigenvalue weighted by atomic mass is 10.0. The minimum atomic E-state index is 0.489. The molecule has 0 radical (unpaired) electrons. The summed E-state index contributed by atoms with van der Waals surface area (Å²) in [6.07, 6.45) is 5.52. The third-order valence-corrected chi connectivity index (χ3v) is 5.14. The molecule has 2 N–H and O–H groups in total. The molecule has 0 spiro atoms. The van der Waals surface area contributed by atoms with E-state index in [9.17, 15) is 5.26 Å². The van der Waals surface area contributed by atoms with Gasteiger partial charge in [0.1, 0.15) is 11.8 Å². The van der Waals surface area contributed by atoms with E-state index in [2.05, 4.69) is 16.7 Å². The number of aromatic nitrogens is 1. The van der Waals surface area contributed by atoms with Gasteiger partial charge in [-0.3, -0.25) is 4.98 Å². The first-order chi connectivity index (χ1) is 11.8. The molecule has 0 amide bonds. The molecule has 1 aromatic heterocycles. The summed E-state index contributed by atoms with van der Waals surface area (Å²) in [5.74, 6) is 0.623. The van der Waals surface area contributed by atoms with Crippen LogP contribution in [0.4, 0.5) is 5.69 Å². The molecule has 4 rings (SSSR count). The van der Waals surface area contributed by atoms with Gasteiger partial charge in [-0.2, -0.15) is 5.26 Å². The van der Waals surface area contributed by atoms with Crippen molar-refractivity contribution in [3.63, 3.8) is 0 Å². The number of hydrogen-bond donors (Lipinski definition) is 2. The summed E-state index contributed by atoms with van der Waals surface area (Å²) >= 11 is 0. The Kier molecular flexibility index (Phi) is 3.99. The minimum Gasteiger partial charge on any atom is -0.495 e. The SMILES string of the molecule is COc1cc2c(NC3CCNCC3)c3c(nc2cc1C#N)CCC3. The van der Waals surface area contributed by atoms with Crippen molar-refractivity contribution in [2.45, 2.75) is 38.1 Å². The van der Waals surface area contributed by atoms with Crippen LogP contribution in [0.2, 0.25) is 0 Å². The van der Waals surface area contributed by atoms with Gasteiger partial charge >= 0.3 is 0 Å². The predicted octanol–water partition coefficient (Wildman–Crippen LogP) is 2.77. The van der Waals surface area contributed by atoms with E-state index < -0.39 is 0 Å². The van der Waals surface area contributed by atoms with Crippen molar-refractivity contribution in [1.29, 1.82) is 5.26 Å². The summed E-state index contributed by atoms with van der Waals surface area (Å²) in [4.78, 5) is 4.83.